The van der Waals surface area contributed by atoms with Gasteiger partial charge in [-0.3, -0.25) is 0 Å². The standard InChI is InChI=1S/C9H10O2S/c12-9-4-2-1-3-8(9)11-6-7-5-10-7/h1-3,7H,4-6H2. The normalized spacial score (nSPS) is 26.8. The third-order valence-corrected chi connectivity index (χ3v) is 2.16. The van der Waals surface area contributed by atoms with Crippen molar-refractivity contribution < 1.29 is 9.47 Å². The van der Waals surface area contributed by atoms with Crippen molar-refractivity contribution in [1.29, 1.82) is 0 Å². The van der Waals surface area contributed by atoms with Crippen LogP contribution in [0, 0.1) is 0 Å². The van der Waals surface area contributed by atoms with Gasteiger partial charge in [-0.2, -0.15) is 0 Å². The third-order valence-electron chi connectivity index (χ3n) is 1.79. The smallest absolute Gasteiger partial charge is 0.133 e. The van der Waals surface area contributed by atoms with Crippen molar-refractivity contribution in [3.8, 4) is 0 Å². The minimum Gasteiger partial charge on any atom is -0.490 e. The molecule has 1 heterocycles. The van der Waals surface area contributed by atoms with Gasteiger partial charge in [0.1, 0.15) is 18.5 Å². The van der Waals surface area contributed by atoms with Gasteiger partial charge in [-0.05, 0) is 6.08 Å². The number of hydrogen-bond acceptors (Lipinski definition) is 3. The molecule has 0 amide bonds. The molecule has 1 aliphatic heterocycles. The van der Waals surface area contributed by atoms with Crippen molar-refractivity contribution in [2.24, 2.45) is 0 Å². The molecule has 1 saturated heterocycles. The molecule has 0 bridgehead atoms. The molecule has 12 heavy (non-hydrogen) atoms. The fraction of sp³-hybridized carbons (Fsp3) is 0.444. The van der Waals surface area contributed by atoms with E-state index < -0.39 is 0 Å². The summed E-state index contributed by atoms with van der Waals surface area (Å²) in [5.74, 6) is 0.836. The molecule has 0 aromatic rings. The Bertz CT molecular complexity index is 251. The molecule has 1 aliphatic carbocycles. The molecule has 3 heteroatoms. The number of ether oxygens (including phenoxy) is 2. The topological polar surface area (TPSA) is 21.8 Å². The molecule has 2 rings (SSSR count). The number of epoxide rings is 1. The summed E-state index contributed by atoms with van der Waals surface area (Å²) in [6, 6.07) is 0. The lowest BCUT2D eigenvalue weighted by Crippen LogP contribution is -2.09. The minimum absolute atomic E-state index is 0.305. The van der Waals surface area contributed by atoms with E-state index in [0.29, 0.717) is 12.7 Å². The Kier molecular flexibility index (Phi) is 2.23. The summed E-state index contributed by atoms with van der Waals surface area (Å²) in [7, 11) is 0. The van der Waals surface area contributed by atoms with Crippen LogP contribution in [0.5, 0.6) is 0 Å². The van der Waals surface area contributed by atoms with Crippen LogP contribution in [0.2, 0.25) is 0 Å². The molecule has 0 saturated carbocycles. The molecule has 0 aromatic carbocycles. The first-order chi connectivity index (χ1) is 5.86. The molecular weight excluding hydrogens is 172 g/mol. The molecule has 0 aromatic heterocycles. The van der Waals surface area contributed by atoms with E-state index in [2.05, 4.69) is 0 Å². The van der Waals surface area contributed by atoms with Gasteiger partial charge in [-0.15, -0.1) is 0 Å². The maximum atomic E-state index is 5.46. The summed E-state index contributed by atoms with van der Waals surface area (Å²) in [6.45, 7) is 1.47. The summed E-state index contributed by atoms with van der Waals surface area (Å²) in [4.78, 5) is 0.887. The Morgan fingerprint density at radius 3 is 3.17 bits per heavy atom. The first kappa shape index (κ1) is 7.95. The first-order valence-electron chi connectivity index (χ1n) is 4.00. The first-order valence-corrected chi connectivity index (χ1v) is 4.41. The molecule has 2 nitrogen and oxygen atoms in total. The lowest BCUT2D eigenvalue weighted by Gasteiger charge is -2.10. The van der Waals surface area contributed by atoms with Crippen LogP contribution in [0.4, 0.5) is 0 Å². The quantitative estimate of drug-likeness (QED) is 0.489. The number of rotatable bonds is 3. The van der Waals surface area contributed by atoms with Gasteiger partial charge >= 0.3 is 0 Å². The van der Waals surface area contributed by atoms with Gasteiger partial charge in [0.25, 0.3) is 0 Å². The molecule has 64 valence electrons. The maximum absolute atomic E-state index is 5.46. The molecule has 1 fully saturated rings. The summed E-state index contributed by atoms with van der Waals surface area (Å²) >= 11 is 5.11. The van der Waals surface area contributed by atoms with Gasteiger partial charge in [0.05, 0.1) is 11.5 Å². The Morgan fingerprint density at radius 1 is 1.67 bits per heavy atom. The molecular formula is C9H10O2S. The van der Waals surface area contributed by atoms with Gasteiger partial charge in [0.15, 0.2) is 0 Å². The summed E-state index contributed by atoms with van der Waals surface area (Å²) in [5.41, 5.74) is 0. The van der Waals surface area contributed by atoms with Crippen LogP contribution in [0.25, 0.3) is 0 Å². The second-order valence-electron chi connectivity index (χ2n) is 2.85. The Hall–Kier alpha value is -0.670. The van der Waals surface area contributed by atoms with Gasteiger partial charge in [0.2, 0.25) is 0 Å². The third kappa shape index (κ3) is 1.93. The number of hydrogen-bond donors (Lipinski definition) is 0. The second-order valence-corrected chi connectivity index (χ2v) is 3.35. The number of thiocarbonyl (C=S) groups is 1. The molecule has 1 atom stereocenters. The average Bonchev–Trinajstić information content (AvgIpc) is 2.86. The van der Waals surface area contributed by atoms with E-state index in [1.165, 1.54) is 0 Å². The highest BCUT2D eigenvalue weighted by Crippen LogP contribution is 2.15. The lowest BCUT2D eigenvalue weighted by molar-refractivity contribution is 0.198. The van der Waals surface area contributed by atoms with E-state index >= 15 is 0 Å². The lowest BCUT2D eigenvalue weighted by atomic mass is 10.1. The van der Waals surface area contributed by atoms with Crippen LogP contribution < -0.4 is 0 Å². The van der Waals surface area contributed by atoms with Crippen molar-refractivity contribution in [3.05, 3.63) is 24.0 Å². The zero-order chi connectivity index (χ0) is 8.39. The highest BCUT2D eigenvalue weighted by Gasteiger charge is 2.24. The molecule has 0 radical (unpaired) electrons. The van der Waals surface area contributed by atoms with Crippen LogP contribution in [-0.4, -0.2) is 24.2 Å². The average molecular weight is 182 g/mol. The van der Waals surface area contributed by atoms with E-state index in [9.17, 15) is 0 Å². The zero-order valence-corrected chi connectivity index (χ0v) is 7.47. The monoisotopic (exact) mass is 182 g/mol. The van der Waals surface area contributed by atoms with Gasteiger partial charge in [-0.1, -0.05) is 24.4 Å². The predicted octanol–water partition coefficient (Wildman–Crippen LogP) is 1.62. The van der Waals surface area contributed by atoms with Crippen LogP contribution in [0.1, 0.15) is 6.42 Å². The van der Waals surface area contributed by atoms with E-state index in [-0.39, 0.29) is 0 Å². The van der Waals surface area contributed by atoms with Gasteiger partial charge in [0, 0.05) is 6.42 Å². The Labute approximate surface area is 76.9 Å². The van der Waals surface area contributed by atoms with Crippen molar-refractivity contribution in [1.82, 2.24) is 0 Å². The SMILES string of the molecule is S=C1CC=CC=C1OCC1CO1. The molecule has 2 aliphatic rings. The van der Waals surface area contributed by atoms with Crippen LogP contribution in [0.3, 0.4) is 0 Å². The van der Waals surface area contributed by atoms with Crippen LogP contribution in [0.15, 0.2) is 24.0 Å². The van der Waals surface area contributed by atoms with Gasteiger partial charge < -0.3 is 9.47 Å². The van der Waals surface area contributed by atoms with Crippen LogP contribution >= 0.6 is 12.2 Å². The fourth-order valence-corrected chi connectivity index (χ4v) is 1.22. The van der Waals surface area contributed by atoms with E-state index in [1.807, 2.05) is 18.2 Å². The maximum Gasteiger partial charge on any atom is 0.133 e. The number of allylic oxidation sites excluding steroid dienone is 4. The highest BCUT2D eigenvalue weighted by molar-refractivity contribution is 7.80. The Morgan fingerprint density at radius 2 is 2.50 bits per heavy atom. The van der Waals surface area contributed by atoms with Crippen molar-refractivity contribution >= 4 is 17.1 Å². The minimum atomic E-state index is 0.305. The van der Waals surface area contributed by atoms with E-state index in [4.69, 9.17) is 21.7 Å². The molecule has 1 unspecified atom stereocenters. The largest absolute Gasteiger partial charge is 0.490 e. The van der Waals surface area contributed by atoms with E-state index in [1.54, 1.807) is 0 Å². The summed E-state index contributed by atoms with van der Waals surface area (Å²) < 4.78 is 10.5. The van der Waals surface area contributed by atoms with E-state index in [0.717, 1.165) is 23.7 Å². The fourth-order valence-electron chi connectivity index (χ4n) is 1.000. The summed E-state index contributed by atoms with van der Waals surface area (Å²) in [5, 5.41) is 0. The predicted molar refractivity (Wildman–Crippen MR) is 50.1 cm³/mol. The summed E-state index contributed by atoms with van der Waals surface area (Å²) in [6.07, 6.45) is 7.04. The molecule has 0 N–H and O–H groups in total. The van der Waals surface area contributed by atoms with Gasteiger partial charge in [-0.25, -0.2) is 0 Å². The van der Waals surface area contributed by atoms with Crippen molar-refractivity contribution in [2.75, 3.05) is 13.2 Å². The van der Waals surface area contributed by atoms with Crippen molar-refractivity contribution in [2.45, 2.75) is 12.5 Å². The molecule has 0 spiro atoms. The zero-order valence-electron chi connectivity index (χ0n) is 6.66. The second kappa shape index (κ2) is 3.37. The van der Waals surface area contributed by atoms with Crippen LogP contribution in [-0.2, 0) is 9.47 Å². The Balaban J connectivity index is 1.87. The highest BCUT2D eigenvalue weighted by atomic mass is 32.1. The van der Waals surface area contributed by atoms with Crippen molar-refractivity contribution in [3.63, 3.8) is 0 Å².